The van der Waals surface area contributed by atoms with Gasteiger partial charge in [-0.2, -0.15) is 10.5 Å². The van der Waals surface area contributed by atoms with Gasteiger partial charge in [-0.15, -0.1) is 0 Å². The summed E-state index contributed by atoms with van der Waals surface area (Å²) in [4.78, 5) is 0. The summed E-state index contributed by atoms with van der Waals surface area (Å²) < 4.78 is 12.0. The highest BCUT2D eigenvalue weighted by molar-refractivity contribution is 5.57. The van der Waals surface area contributed by atoms with Crippen molar-refractivity contribution in [2.24, 2.45) is 0 Å². The molecule has 0 bridgehead atoms. The summed E-state index contributed by atoms with van der Waals surface area (Å²) in [6, 6.07) is 14.7. The van der Waals surface area contributed by atoms with Crippen LogP contribution in [0.2, 0.25) is 0 Å². The van der Waals surface area contributed by atoms with Crippen molar-refractivity contribution in [1.29, 1.82) is 10.5 Å². The minimum Gasteiger partial charge on any atom is -0.487 e. The maximum absolute atomic E-state index is 9.35. The smallest absolute Gasteiger partial charge is 0.172 e. The van der Waals surface area contributed by atoms with E-state index >= 15 is 0 Å². The Morgan fingerprint density at radius 1 is 1.04 bits per heavy atom. The van der Waals surface area contributed by atoms with Gasteiger partial charge in [0.2, 0.25) is 0 Å². The van der Waals surface area contributed by atoms with Crippen LogP contribution in [-0.2, 0) is 0 Å². The van der Waals surface area contributed by atoms with Gasteiger partial charge in [-0.25, -0.2) is 0 Å². The average molecular weight is 320 g/mol. The van der Waals surface area contributed by atoms with Crippen molar-refractivity contribution in [3.8, 4) is 29.4 Å². The van der Waals surface area contributed by atoms with E-state index in [4.69, 9.17) is 14.7 Å². The third-order valence-electron chi connectivity index (χ3n) is 3.67. The molecular weight excluding hydrogens is 300 g/mol. The molecule has 0 saturated heterocycles. The molecule has 0 saturated carbocycles. The first-order chi connectivity index (χ1) is 11.6. The Morgan fingerprint density at radius 2 is 1.75 bits per heavy atom. The van der Waals surface area contributed by atoms with E-state index in [0.29, 0.717) is 22.8 Å². The van der Waals surface area contributed by atoms with E-state index in [1.807, 2.05) is 44.2 Å². The number of benzene rings is 2. The van der Waals surface area contributed by atoms with E-state index in [0.717, 1.165) is 18.4 Å². The number of para-hydroxylation sites is 1. The minimum absolute atomic E-state index is 0.0695. The zero-order valence-electron chi connectivity index (χ0n) is 14.2. The van der Waals surface area contributed by atoms with Gasteiger partial charge in [-0.05, 0) is 44.0 Å². The Morgan fingerprint density at radius 3 is 2.42 bits per heavy atom. The zero-order chi connectivity index (χ0) is 17.5. The fourth-order valence-corrected chi connectivity index (χ4v) is 2.47. The summed E-state index contributed by atoms with van der Waals surface area (Å²) in [6.07, 6.45) is 2.05. The summed E-state index contributed by atoms with van der Waals surface area (Å²) in [7, 11) is 0. The molecule has 2 rings (SSSR count). The van der Waals surface area contributed by atoms with Crippen LogP contribution in [0, 0.1) is 29.6 Å². The van der Waals surface area contributed by atoms with Gasteiger partial charge in [-0.1, -0.05) is 31.5 Å². The second-order valence-electron chi connectivity index (χ2n) is 5.62. The molecule has 1 atom stereocenters. The average Bonchev–Trinajstić information content (AvgIpc) is 2.57. The topological polar surface area (TPSA) is 66.0 Å². The second kappa shape index (κ2) is 8.04. The number of ether oxygens (including phenoxy) is 2. The van der Waals surface area contributed by atoms with Crippen LogP contribution in [0.5, 0.6) is 17.2 Å². The maximum Gasteiger partial charge on any atom is 0.172 e. The molecule has 2 aromatic rings. The van der Waals surface area contributed by atoms with Crippen molar-refractivity contribution < 1.29 is 9.47 Å². The number of nitriles is 2. The van der Waals surface area contributed by atoms with E-state index in [2.05, 4.69) is 6.92 Å². The molecule has 0 radical (unpaired) electrons. The minimum atomic E-state index is 0.0695. The monoisotopic (exact) mass is 320 g/mol. The van der Waals surface area contributed by atoms with Crippen LogP contribution in [0.15, 0.2) is 36.4 Å². The van der Waals surface area contributed by atoms with Crippen molar-refractivity contribution >= 4 is 0 Å². The largest absolute Gasteiger partial charge is 0.487 e. The first-order valence-corrected chi connectivity index (χ1v) is 7.98. The molecule has 0 spiro atoms. The Balaban J connectivity index is 2.41. The predicted octanol–water partition coefficient (Wildman–Crippen LogP) is 5.10. The van der Waals surface area contributed by atoms with Crippen LogP contribution in [-0.4, -0.2) is 6.10 Å². The van der Waals surface area contributed by atoms with Gasteiger partial charge in [0.05, 0.1) is 11.7 Å². The molecule has 4 nitrogen and oxygen atoms in total. The van der Waals surface area contributed by atoms with Crippen LogP contribution in [0.4, 0.5) is 0 Å². The molecule has 0 aliphatic rings. The number of aryl methyl sites for hydroxylation is 1. The van der Waals surface area contributed by atoms with Crippen LogP contribution in [0.1, 0.15) is 43.4 Å². The lowest BCUT2D eigenvalue weighted by Crippen LogP contribution is -2.11. The highest BCUT2D eigenvalue weighted by Gasteiger charge is 2.16. The van der Waals surface area contributed by atoms with Gasteiger partial charge < -0.3 is 9.47 Å². The van der Waals surface area contributed by atoms with Gasteiger partial charge in [-0.3, -0.25) is 0 Å². The van der Waals surface area contributed by atoms with Crippen LogP contribution in [0.3, 0.4) is 0 Å². The zero-order valence-corrected chi connectivity index (χ0v) is 14.2. The predicted molar refractivity (Wildman–Crippen MR) is 92.1 cm³/mol. The van der Waals surface area contributed by atoms with Crippen molar-refractivity contribution in [3.63, 3.8) is 0 Å². The number of hydrogen-bond acceptors (Lipinski definition) is 4. The fourth-order valence-electron chi connectivity index (χ4n) is 2.47. The molecule has 4 heteroatoms. The number of rotatable bonds is 6. The summed E-state index contributed by atoms with van der Waals surface area (Å²) in [5.74, 6) is 1.58. The summed E-state index contributed by atoms with van der Waals surface area (Å²) in [5, 5.41) is 18.5. The number of nitrogens with zero attached hydrogens (tertiary/aromatic N) is 2. The van der Waals surface area contributed by atoms with E-state index in [1.165, 1.54) is 0 Å². The molecule has 0 heterocycles. The Hall–Kier alpha value is -2.98. The Labute approximate surface area is 142 Å². The quantitative estimate of drug-likeness (QED) is 0.743. The normalized spacial score (nSPS) is 11.2. The first kappa shape index (κ1) is 17.4. The first-order valence-electron chi connectivity index (χ1n) is 7.98. The van der Waals surface area contributed by atoms with E-state index in [-0.39, 0.29) is 11.7 Å². The molecule has 0 aliphatic carbocycles. The summed E-state index contributed by atoms with van der Waals surface area (Å²) in [5.41, 5.74) is 1.43. The third-order valence-corrected chi connectivity index (χ3v) is 3.67. The summed E-state index contributed by atoms with van der Waals surface area (Å²) in [6.45, 7) is 6.06. The van der Waals surface area contributed by atoms with Gasteiger partial charge in [0.1, 0.15) is 23.5 Å². The van der Waals surface area contributed by atoms with Gasteiger partial charge >= 0.3 is 0 Å². The third kappa shape index (κ3) is 3.86. The van der Waals surface area contributed by atoms with Crippen LogP contribution < -0.4 is 9.47 Å². The fraction of sp³-hybridized carbons (Fsp3) is 0.300. The SMILES string of the molecule is CCCC(C)Oc1cccc(C)c1Oc1cccc(C#N)c1C#N. The van der Waals surface area contributed by atoms with E-state index in [1.54, 1.807) is 18.2 Å². The lowest BCUT2D eigenvalue weighted by Gasteiger charge is -2.19. The van der Waals surface area contributed by atoms with Crippen LogP contribution in [0.25, 0.3) is 0 Å². The molecule has 122 valence electrons. The Bertz CT molecular complexity index is 800. The van der Waals surface area contributed by atoms with Crippen molar-refractivity contribution in [1.82, 2.24) is 0 Å². The van der Waals surface area contributed by atoms with Gasteiger partial charge in [0.25, 0.3) is 0 Å². The van der Waals surface area contributed by atoms with Crippen LogP contribution >= 0.6 is 0 Å². The highest BCUT2D eigenvalue weighted by Crippen LogP contribution is 2.37. The molecule has 24 heavy (non-hydrogen) atoms. The molecule has 1 unspecified atom stereocenters. The second-order valence-corrected chi connectivity index (χ2v) is 5.62. The van der Waals surface area contributed by atoms with Crippen molar-refractivity contribution in [2.75, 3.05) is 0 Å². The molecule has 0 N–H and O–H groups in total. The highest BCUT2D eigenvalue weighted by atomic mass is 16.5. The van der Waals surface area contributed by atoms with Crippen molar-refractivity contribution in [3.05, 3.63) is 53.1 Å². The summed E-state index contributed by atoms with van der Waals surface area (Å²) >= 11 is 0. The molecule has 0 aromatic heterocycles. The molecule has 0 fully saturated rings. The van der Waals surface area contributed by atoms with E-state index in [9.17, 15) is 5.26 Å². The van der Waals surface area contributed by atoms with E-state index < -0.39 is 0 Å². The maximum atomic E-state index is 9.35. The van der Waals surface area contributed by atoms with Crippen molar-refractivity contribution in [2.45, 2.75) is 39.7 Å². The Kier molecular flexibility index (Phi) is 5.82. The molecule has 2 aromatic carbocycles. The lowest BCUT2D eigenvalue weighted by molar-refractivity contribution is 0.203. The molecule has 0 amide bonds. The lowest BCUT2D eigenvalue weighted by atomic mass is 10.1. The van der Waals surface area contributed by atoms with Gasteiger partial charge in [0.15, 0.2) is 11.5 Å². The molecular formula is C20H20N2O2. The standard InChI is InChI=1S/C20H20N2O2/c1-4-7-15(3)23-19-11-5-8-14(2)20(19)24-18-10-6-9-16(12-21)17(18)13-22/h5-6,8-11,15H,4,7H2,1-3H3. The molecule has 0 aliphatic heterocycles. The number of hydrogen-bond donors (Lipinski definition) is 0. The van der Waals surface area contributed by atoms with Gasteiger partial charge in [0, 0.05) is 0 Å².